The van der Waals surface area contributed by atoms with Crippen LogP contribution in [0.25, 0.3) is 60.8 Å². The molecule has 0 atom stereocenters. The van der Waals surface area contributed by atoms with Crippen molar-refractivity contribution in [2.24, 2.45) is 0 Å². The maximum atomic E-state index is 6.34. The zero-order chi connectivity index (χ0) is 29.7. The topological polar surface area (TPSA) is 47.1 Å². The third-order valence-corrected chi connectivity index (χ3v) is 8.26. The van der Waals surface area contributed by atoms with Crippen LogP contribution in [-0.2, 0) is 21.1 Å². The second-order valence-electron chi connectivity index (χ2n) is 10.9. The molecular formula is C40H24N4OPt. The molecule has 0 aliphatic rings. The van der Waals surface area contributed by atoms with Crippen LogP contribution in [0.2, 0.25) is 0 Å². The molecule has 0 amide bonds. The molecule has 46 heavy (non-hydrogen) atoms. The fraction of sp³-hybridized carbons (Fsp3) is 0. The van der Waals surface area contributed by atoms with Crippen molar-refractivity contribution in [3.05, 3.63) is 158 Å². The second-order valence-corrected chi connectivity index (χ2v) is 10.9. The van der Waals surface area contributed by atoms with Crippen LogP contribution in [0.3, 0.4) is 0 Å². The molecule has 9 aromatic rings. The van der Waals surface area contributed by atoms with Gasteiger partial charge in [0, 0.05) is 22.8 Å². The Morgan fingerprint density at radius 3 is 2.33 bits per heavy atom. The Morgan fingerprint density at radius 1 is 0.652 bits per heavy atom. The monoisotopic (exact) mass is 771 g/mol. The third kappa shape index (κ3) is 4.51. The molecule has 0 spiro atoms. The van der Waals surface area contributed by atoms with Gasteiger partial charge in [0.2, 0.25) is 0 Å². The van der Waals surface area contributed by atoms with E-state index in [2.05, 4.69) is 82.3 Å². The van der Waals surface area contributed by atoms with Crippen LogP contribution in [0.4, 0.5) is 17.2 Å². The van der Waals surface area contributed by atoms with Crippen LogP contribution >= 0.6 is 0 Å². The average Bonchev–Trinajstić information content (AvgIpc) is 3.65. The van der Waals surface area contributed by atoms with Gasteiger partial charge in [-0.2, -0.15) is 6.07 Å². The Balaban J connectivity index is 0.00000312. The van der Waals surface area contributed by atoms with Gasteiger partial charge >= 0.3 is 21.1 Å². The quantitative estimate of drug-likeness (QED) is 0.164. The Bertz CT molecular complexity index is 2500. The van der Waals surface area contributed by atoms with E-state index >= 15 is 0 Å². The van der Waals surface area contributed by atoms with E-state index in [1.54, 1.807) is 0 Å². The summed E-state index contributed by atoms with van der Waals surface area (Å²) in [5, 5.41) is 4.39. The maximum Gasteiger partial charge on any atom is 2.00 e. The molecule has 0 unspecified atom stereocenters. The Hall–Kier alpha value is -5.51. The molecule has 4 aromatic heterocycles. The smallest absolute Gasteiger partial charge is 0.501 e. The van der Waals surface area contributed by atoms with Gasteiger partial charge in [0.05, 0.1) is 5.58 Å². The van der Waals surface area contributed by atoms with E-state index in [0.717, 1.165) is 78.0 Å². The van der Waals surface area contributed by atoms with E-state index in [4.69, 9.17) is 14.4 Å². The SMILES string of the molecule is [Pt+2].[c-]1ccc2c(oc3ccccc32)c1-c1cccc(N(c2[c-]c3c(cc2)c2ccccc2n3-c2ccccn2)c2ccccc2)n1. The number of hydrogen-bond acceptors (Lipinski definition) is 4. The number of anilines is 3. The van der Waals surface area contributed by atoms with Crippen molar-refractivity contribution < 1.29 is 25.5 Å². The molecule has 0 saturated carbocycles. The Kier molecular flexibility index (Phi) is 6.97. The molecule has 0 bridgehead atoms. The van der Waals surface area contributed by atoms with E-state index < -0.39 is 0 Å². The number of fused-ring (bicyclic) bond motifs is 6. The third-order valence-electron chi connectivity index (χ3n) is 8.26. The first-order valence-corrected chi connectivity index (χ1v) is 14.8. The van der Waals surface area contributed by atoms with Gasteiger partial charge in [-0.1, -0.05) is 95.0 Å². The molecule has 0 aliphatic heterocycles. The van der Waals surface area contributed by atoms with Crippen LogP contribution in [0.1, 0.15) is 0 Å². The number of aromatic nitrogens is 3. The summed E-state index contributed by atoms with van der Waals surface area (Å²) in [4.78, 5) is 12.1. The summed E-state index contributed by atoms with van der Waals surface area (Å²) < 4.78 is 8.52. The maximum absolute atomic E-state index is 6.34. The number of hydrogen-bond donors (Lipinski definition) is 0. The molecule has 5 nitrogen and oxygen atoms in total. The summed E-state index contributed by atoms with van der Waals surface area (Å²) in [7, 11) is 0. The van der Waals surface area contributed by atoms with Crippen molar-refractivity contribution in [3.63, 3.8) is 0 Å². The number of para-hydroxylation sites is 3. The Labute approximate surface area is 279 Å². The molecule has 0 radical (unpaired) electrons. The summed E-state index contributed by atoms with van der Waals surface area (Å²) in [6.07, 6.45) is 1.82. The zero-order valence-electron chi connectivity index (χ0n) is 24.4. The minimum absolute atomic E-state index is 0. The van der Waals surface area contributed by atoms with Gasteiger partial charge in [0.15, 0.2) is 0 Å². The van der Waals surface area contributed by atoms with E-state index in [-0.39, 0.29) is 21.1 Å². The molecule has 9 rings (SSSR count). The molecule has 5 aromatic carbocycles. The number of rotatable bonds is 5. The largest absolute Gasteiger partial charge is 2.00 e. The van der Waals surface area contributed by atoms with Crippen LogP contribution in [0.5, 0.6) is 0 Å². The van der Waals surface area contributed by atoms with Gasteiger partial charge < -0.3 is 13.9 Å². The number of pyridine rings is 2. The number of furan rings is 1. The van der Waals surface area contributed by atoms with E-state index in [9.17, 15) is 0 Å². The fourth-order valence-electron chi connectivity index (χ4n) is 6.28. The van der Waals surface area contributed by atoms with Gasteiger partial charge in [-0.15, -0.1) is 35.7 Å². The normalized spacial score (nSPS) is 11.3. The molecule has 0 fully saturated rings. The first-order valence-electron chi connectivity index (χ1n) is 14.8. The average molecular weight is 772 g/mol. The van der Waals surface area contributed by atoms with Crippen molar-refractivity contribution in [2.75, 3.05) is 4.90 Å². The molecule has 0 N–H and O–H groups in total. The first-order chi connectivity index (χ1) is 22.3. The predicted octanol–water partition coefficient (Wildman–Crippen LogP) is 10.2. The van der Waals surface area contributed by atoms with Gasteiger partial charge in [-0.25, -0.2) is 4.98 Å². The van der Waals surface area contributed by atoms with Crippen LogP contribution < -0.4 is 4.90 Å². The minimum atomic E-state index is 0. The van der Waals surface area contributed by atoms with Gasteiger partial charge in [-0.05, 0) is 53.5 Å². The van der Waals surface area contributed by atoms with Gasteiger partial charge in [-0.3, -0.25) is 4.98 Å². The molecular weight excluding hydrogens is 748 g/mol. The molecule has 6 heteroatoms. The summed E-state index contributed by atoms with van der Waals surface area (Å²) >= 11 is 0. The van der Waals surface area contributed by atoms with Crippen LogP contribution in [-0.4, -0.2) is 14.5 Å². The predicted molar refractivity (Wildman–Crippen MR) is 181 cm³/mol. The Morgan fingerprint density at radius 2 is 1.46 bits per heavy atom. The molecule has 220 valence electrons. The summed E-state index contributed by atoms with van der Waals surface area (Å²) in [6, 6.07) is 54.3. The van der Waals surface area contributed by atoms with Gasteiger partial charge in [0.1, 0.15) is 17.2 Å². The zero-order valence-corrected chi connectivity index (χ0v) is 26.6. The van der Waals surface area contributed by atoms with E-state index in [1.807, 2.05) is 85.1 Å². The number of nitrogens with zero attached hydrogens (tertiary/aromatic N) is 4. The summed E-state index contributed by atoms with van der Waals surface area (Å²) in [5.74, 6) is 1.61. The standard InChI is InChI=1S/C40H24N4O.Pt/c1-2-12-27(13-3-1)43(28-23-24-30-29-14-4-6-19-35(29)44(36(30)26-28)38-21-8-9-25-41-38)39-22-11-18-34(42-39)33-17-10-16-32-31-15-5-7-20-37(31)45-40(32)33;/h1-16,18-25H;/q-2;+2. The molecule has 4 heterocycles. The van der Waals surface area contributed by atoms with Crippen molar-refractivity contribution in [2.45, 2.75) is 0 Å². The summed E-state index contributed by atoms with van der Waals surface area (Å²) in [5.41, 5.74) is 7.11. The van der Waals surface area contributed by atoms with E-state index in [0.29, 0.717) is 0 Å². The van der Waals surface area contributed by atoms with Gasteiger partial charge in [0.25, 0.3) is 0 Å². The summed E-state index contributed by atoms with van der Waals surface area (Å²) in [6.45, 7) is 0. The van der Waals surface area contributed by atoms with Crippen molar-refractivity contribution in [3.8, 4) is 17.1 Å². The molecule has 0 aliphatic carbocycles. The van der Waals surface area contributed by atoms with Crippen molar-refractivity contribution in [1.82, 2.24) is 14.5 Å². The van der Waals surface area contributed by atoms with Crippen molar-refractivity contribution >= 4 is 60.9 Å². The first kappa shape index (κ1) is 28.0. The van der Waals surface area contributed by atoms with Crippen LogP contribution in [0, 0.1) is 12.1 Å². The van der Waals surface area contributed by atoms with Crippen molar-refractivity contribution in [1.29, 1.82) is 0 Å². The fourth-order valence-corrected chi connectivity index (χ4v) is 6.28. The minimum Gasteiger partial charge on any atom is -0.501 e. The van der Waals surface area contributed by atoms with Crippen LogP contribution in [0.15, 0.2) is 150 Å². The van der Waals surface area contributed by atoms with E-state index in [1.165, 1.54) is 0 Å². The second kappa shape index (κ2) is 11.4. The molecule has 0 saturated heterocycles. The number of benzene rings is 5.